The number of hydrogen-bond donors (Lipinski definition) is 0. The first-order chi connectivity index (χ1) is 19.7. The Bertz CT molecular complexity index is 1700. The number of carbonyl (C=O) groups excluding carboxylic acids is 1. The van der Waals surface area contributed by atoms with E-state index in [0.29, 0.717) is 18.7 Å². The van der Waals surface area contributed by atoms with Crippen LogP contribution < -0.4 is 5.46 Å². The topological polar surface area (TPSA) is 113 Å². The zero-order valence-corrected chi connectivity index (χ0v) is 25.5. The normalized spacial score (nSPS) is 21.3. The summed E-state index contributed by atoms with van der Waals surface area (Å²) in [5.74, 6) is -0.201. The monoisotopic (exact) mass is 586 g/mol. The van der Waals surface area contributed by atoms with Crippen LogP contribution in [0.4, 0.5) is 0 Å². The van der Waals surface area contributed by atoms with Crippen molar-refractivity contribution >= 4 is 39.4 Å². The van der Waals surface area contributed by atoms with Crippen LogP contribution in [0, 0.1) is 11.3 Å². The van der Waals surface area contributed by atoms with E-state index in [1.165, 1.54) is 10.6 Å². The van der Waals surface area contributed by atoms with Crippen LogP contribution in [-0.2, 0) is 24.7 Å². The van der Waals surface area contributed by atoms with E-state index in [9.17, 15) is 18.5 Å². The molecular weight excluding hydrogens is 551 g/mol. The number of nitrogens with zero attached hydrogens (tertiary/aromatic N) is 4. The SMILES string of the molecule is CC1(C)OB(c2ccc3ncc(C(=O)N4CCN(S(C)(=O)=O)CC4)c(-c4ccc(C5(C#N)CC5)cc4)c3c2)OC1(C)C. The van der Waals surface area contributed by atoms with Gasteiger partial charge in [0.15, 0.2) is 0 Å². The summed E-state index contributed by atoms with van der Waals surface area (Å²) in [6, 6.07) is 16.2. The molecule has 0 spiro atoms. The summed E-state index contributed by atoms with van der Waals surface area (Å²) in [5, 5.41) is 10.5. The van der Waals surface area contributed by atoms with Crippen molar-refractivity contribution < 1.29 is 22.5 Å². The number of aromatic nitrogens is 1. The number of piperazine rings is 1. The largest absolute Gasteiger partial charge is 0.494 e. The molecule has 6 rings (SSSR count). The summed E-state index contributed by atoms with van der Waals surface area (Å²) in [7, 11) is -3.91. The Morgan fingerprint density at radius 2 is 1.60 bits per heavy atom. The molecule has 1 aromatic heterocycles. The maximum atomic E-state index is 14.0. The summed E-state index contributed by atoms with van der Waals surface area (Å²) in [6.07, 6.45) is 4.50. The molecule has 2 saturated heterocycles. The molecule has 1 amide bonds. The summed E-state index contributed by atoms with van der Waals surface area (Å²) < 4.78 is 38.1. The van der Waals surface area contributed by atoms with E-state index in [1.54, 1.807) is 11.1 Å². The standard InChI is InChI=1S/C31H35BN4O5S/c1-29(2)30(3,4)41-32(40-29)23-10-11-26-24(18-23)27(21-6-8-22(9-7-21)31(20-33)12-13-31)25(19-34-26)28(37)35-14-16-36(17-15-35)42(5,38)39/h6-11,18-19H,12-17H2,1-5H3. The van der Waals surface area contributed by atoms with Crippen molar-refractivity contribution in [2.45, 2.75) is 57.2 Å². The van der Waals surface area contributed by atoms with Gasteiger partial charge in [-0.2, -0.15) is 9.57 Å². The van der Waals surface area contributed by atoms with Crippen molar-refractivity contribution in [2.24, 2.45) is 0 Å². The number of amides is 1. The Morgan fingerprint density at radius 3 is 2.14 bits per heavy atom. The lowest BCUT2D eigenvalue weighted by atomic mass is 9.77. The van der Waals surface area contributed by atoms with Crippen LogP contribution in [-0.4, -0.2) is 79.3 Å². The molecule has 0 unspecified atom stereocenters. The summed E-state index contributed by atoms with van der Waals surface area (Å²) >= 11 is 0. The average Bonchev–Trinajstić information content (AvgIpc) is 3.72. The molecule has 9 nitrogen and oxygen atoms in total. The van der Waals surface area contributed by atoms with Crippen LogP contribution in [0.5, 0.6) is 0 Å². The maximum Gasteiger partial charge on any atom is 0.494 e. The predicted molar refractivity (Wildman–Crippen MR) is 162 cm³/mol. The lowest BCUT2D eigenvalue weighted by molar-refractivity contribution is 0.00578. The minimum atomic E-state index is -3.33. The highest BCUT2D eigenvalue weighted by atomic mass is 32.2. The Morgan fingerprint density at radius 1 is 0.976 bits per heavy atom. The Hall–Kier alpha value is -3.30. The number of sulfonamides is 1. The van der Waals surface area contributed by atoms with Crippen LogP contribution in [0.1, 0.15) is 56.5 Å². The number of carbonyl (C=O) groups is 1. The van der Waals surface area contributed by atoms with Gasteiger partial charge in [-0.05, 0) is 63.2 Å². The van der Waals surface area contributed by atoms with Gasteiger partial charge in [-0.15, -0.1) is 0 Å². The van der Waals surface area contributed by atoms with E-state index >= 15 is 0 Å². The molecule has 0 radical (unpaired) electrons. The number of rotatable bonds is 5. The van der Waals surface area contributed by atoms with Gasteiger partial charge in [0.1, 0.15) is 0 Å². The second-order valence-electron chi connectivity index (χ2n) is 12.6. The van der Waals surface area contributed by atoms with Crippen molar-refractivity contribution in [1.82, 2.24) is 14.2 Å². The van der Waals surface area contributed by atoms with Gasteiger partial charge in [0.05, 0.1) is 40.0 Å². The first-order valence-electron chi connectivity index (χ1n) is 14.3. The Balaban J connectivity index is 1.44. The van der Waals surface area contributed by atoms with Crippen molar-refractivity contribution in [3.05, 3.63) is 59.8 Å². The summed E-state index contributed by atoms with van der Waals surface area (Å²) in [5.41, 5.74) is 3.12. The third-order valence-corrected chi connectivity index (χ3v) is 10.6. The number of hydrogen-bond acceptors (Lipinski definition) is 7. The van der Waals surface area contributed by atoms with E-state index in [1.807, 2.05) is 70.2 Å². The van der Waals surface area contributed by atoms with Gasteiger partial charge in [-0.25, -0.2) is 8.42 Å². The van der Waals surface area contributed by atoms with Gasteiger partial charge >= 0.3 is 7.12 Å². The van der Waals surface area contributed by atoms with Crippen molar-refractivity contribution in [3.63, 3.8) is 0 Å². The highest BCUT2D eigenvalue weighted by molar-refractivity contribution is 7.88. The second-order valence-corrected chi connectivity index (χ2v) is 14.6. The van der Waals surface area contributed by atoms with Gasteiger partial charge in [0, 0.05) is 43.3 Å². The van der Waals surface area contributed by atoms with Crippen LogP contribution >= 0.6 is 0 Å². The first kappa shape index (κ1) is 28.8. The van der Waals surface area contributed by atoms with Crippen LogP contribution in [0.2, 0.25) is 0 Å². The lowest BCUT2D eigenvalue weighted by Crippen LogP contribution is -2.50. The fraction of sp³-hybridized carbons (Fsp3) is 0.452. The third-order valence-electron chi connectivity index (χ3n) is 9.33. The van der Waals surface area contributed by atoms with Crippen LogP contribution in [0.25, 0.3) is 22.0 Å². The first-order valence-corrected chi connectivity index (χ1v) is 16.1. The zero-order chi connectivity index (χ0) is 30.1. The van der Waals surface area contributed by atoms with Gasteiger partial charge in [-0.1, -0.05) is 36.4 Å². The van der Waals surface area contributed by atoms with E-state index in [0.717, 1.165) is 45.9 Å². The molecule has 11 heteroatoms. The number of nitriles is 1. The van der Waals surface area contributed by atoms with Gasteiger partial charge in [0.25, 0.3) is 5.91 Å². The molecule has 2 aromatic carbocycles. The molecule has 0 bridgehead atoms. The highest BCUT2D eigenvalue weighted by Crippen LogP contribution is 2.48. The van der Waals surface area contributed by atoms with Crippen molar-refractivity contribution in [1.29, 1.82) is 5.26 Å². The van der Waals surface area contributed by atoms with Gasteiger partial charge in [-0.3, -0.25) is 9.78 Å². The molecule has 3 aromatic rings. The van der Waals surface area contributed by atoms with Crippen molar-refractivity contribution in [2.75, 3.05) is 32.4 Å². The average molecular weight is 587 g/mol. The number of pyridine rings is 1. The number of fused-ring (bicyclic) bond motifs is 1. The van der Waals surface area contributed by atoms with Crippen LogP contribution in [0.15, 0.2) is 48.7 Å². The predicted octanol–water partition coefficient (Wildman–Crippen LogP) is 3.47. The molecule has 0 N–H and O–H groups in total. The quantitative estimate of drug-likeness (QED) is 0.421. The Labute approximate surface area is 247 Å². The Kier molecular flexibility index (Phi) is 6.78. The molecule has 3 fully saturated rings. The lowest BCUT2D eigenvalue weighted by Gasteiger charge is -2.33. The van der Waals surface area contributed by atoms with Crippen molar-refractivity contribution in [3.8, 4) is 17.2 Å². The molecule has 1 saturated carbocycles. The molecule has 0 atom stereocenters. The molecule has 2 aliphatic heterocycles. The molecular formula is C31H35BN4O5S. The van der Waals surface area contributed by atoms with Gasteiger partial charge in [0.2, 0.25) is 10.0 Å². The zero-order valence-electron chi connectivity index (χ0n) is 24.7. The molecule has 218 valence electrons. The molecule has 3 aliphatic rings. The fourth-order valence-electron chi connectivity index (χ4n) is 5.75. The fourth-order valence-corrected chi connectivity index (χ4v) is 6.57. The van der Waals surface area contributed by atoms with E-state index in [2.05, 4.69) is 11.1 Å². The minimum absolute atomic E-state index is 0.201. The maximum absolute atomic E-state index is 14.0. The summed E-state index contributed by atoms with van der Waals surface area (Å²) in [6.45, 7) is 9.12. The van der Waals surface area contributed by atoms with E-state index in [4.69, 9.17) is 9.31 Å². The van der Waals surface area contributed by atoms with E-state index < -0.39 is 33.8 Å². The smallest absolute Gasteiger partial charge is 0.399 e. The summed E-state index contributed by atoms with van der Waals surface area (Å²) in [4.78, 5) is 20.4. The molecule has 42 heavy (non-hydrogen) atoms. The second kappa shape index (κ2) is 9.88. The third kappa shape index (κ3) is 4.90. The molecule has 1 aliphatic carbocycles. The van der Waals surface area contributed by atoms with E-state index in [-0.39, 0.29) is 19.0 Å². The van der Waals surface area contributed by atoms with Crippen LogP contribution in [0.3, 0.4) is 0 Å². The minimum Gasteiger partial charge on any atom is -0.399 e. The number of benzene rings is 2. The van der Waals surface area contributed by atoms with Gasteiger partial charge < -0.3 is 14.2 Å². The molecule has 3 heterocycles. The highest BCUT2D eigenvalue weighted by Gasteiger charge is 2.51.